The van der Waals surface area contributed by atoms with Crippen LogP contribution in [0.2, 0.25) is 0 Å². The van der Waals surface area contributed by atoms with Gasteiger partial charge in [-0.05, 0) is 37.1 Å². The van der Waals surface area contributed by atoms with Crippen LogP contribution in [0.15, 0.2) is 18.2 Å². The van der Waals surface area contributed by atoms with E-state index in [0.717, 1.165) is 17.7 Å². The van der Waals surface area contributed by atoms with E-state index >= 15 is 0 Å². The molecular weight excluding hydrogens is 216 g/mol. The maximum Gasteiger partial charge on any atom is 0.251 e. The van der Waals surface area contributed by atoms with Gasteiger partial charge in [0.25, 0.3) is 5.91 Å². The van der Waals surface area contributed by atoms with Gasteiger partial charge in [-0.1, -0.05) is 0 Å². The molecule has 0 radical (unpaired) electrons. The van der Waals surface area contributed by atoms with Crippen LogP contribution < -0.4 is 10.2 Å². The van der Waals surface area contributed by atoms with E-state index in [1.54, 1.807) is 17.9 Å². The third kappa shape index (κ3) is 2.16. The number of nitrogens with zero attached hydrogens (tertiary/aromatic N) is 1. The quantitative estimate of drug-likeness (QED) is 0.836. The highest BCUT2D eigenvalue weighted by Crippen LogP contribution is 2.28. The summed E-state index contributed by atoms with van der Waals surface area (Å²) in [5.41, 5.74) is 2.67. The summed E-state index contributed by atoms with van der Waals surface area (Å²) in [6.07, 6.45) is 0.822. The zero-order valence-electron chi connectivity index (χ0n) is 10.1. The van der Waals surface area contributed by atoms with Crippen LogP contribution in [0, 0.1) is 0 Å². The summed E-state index contributed by atoms with van der Waals surface area (Å²) in [5, 5.41) is 2.77. The van der Waals surface area contributed by atoms with E-state index in [-0.39, 0.29) is 11.8 Å². The molecule has 1 heterocycles. The van der Waals surface area contributed by atoms with E-state index < -0.39 is 0 Å². The average molecular weight is 232 g/mol. The maximum absolute atomic E-state index is 11.7. The van der Waals surface area contributed by atoms with E-state index in [1.165, 1.54) is 0 Å². The number of carbonyl (C=O) groups is 2. The Balaban J connectivity index is 2.28. The molecule has 0 spiro atoms. The third-order valence-electron chi connectivity index (χ3n) is 2.95. The van der Waals surface area contributed by atoms with Crippen LogP contribution in [0.5, 0.6) is 0 Å². The van der Waals surface area contributed by atoms with Gasteiger partial charge in [0.1, 0.15) is 0 Å². The first kappa shape index (κ1) is 11.6. The second-order valence-corrected chi connectivity index (χ2v) is 4.12. The number of fused-ring (bicyclic) bond motifs is 1. The molecule has 1 aromatic rings. The number of anilines is 1. The van der Waals surface area contributed by atoms with Crippen LogP contribution in [0.25, 0.3) is 0 Å². The van der Waals surface area contributed by atoms with E-state index in [1.807, 2.05) is 19.1 Å². The molecule has 2 rings (SSSR count). The molecule has 0 saturated heterocycles. The topological polar surface area (TPSA) is 49.4 Å². The number of amides is 2. The number of benzene rings is 1. The molecule has 0 saturated carbocycles. The number of nitrogens with one attached hydrogen (secondary N) is 1. The summed E-state index contributed by atoms with van der Waals surface area (Å²) in [6.45, 7) is 4.79. The largest absolute Gasteiger partial charge is 0.352 e. The van der Waals surface area contributed by atoms with Crippen LogP contribution in [0.4, 0.5) is 5.69 Å². The predicted molar refractivity (Wildman–Crippen MR) is 66.2 cm³/mol. The van der Waals surface area contributed by atoms with E-state index in [4.69, 9.17) is 0 Å². The minimum Gasteiger partial charge on any atom is -0.352 e. The Morgan fingerprint density at radius 2 is 2.18 bits per heavy atom. The summed E-state index contributed by atoms with van der Waals surface area (Å²) in [5.74, 6) is -0.00825. The molecule has 1 aromatic carbocycles. The molecule has 1 N–H and O–H groups in total. The molecule has 2 amide bonds. The fourth-order valence-corrected chi connectivity index (χ4v) is 2.13. The lowest BCUT2D eigenvalue weighted by molar-refractivity contribution is -0.116. The number of hydrogen-bond donors (Lipinski definition) is 1. The van der Waals surface area contributed by atoms with Crippen molar-refractivity contribution in [3.8, 4) is 0 Å². The van der Waals surface area contributed by atoms with Crippen molar-refractivity contribution in [3.05, 3.63) is 29.3 Å². The zero-order chi connectivity index (χ0) is 12.4. The molecule has 0 fully saturated rings. The van der Waals surface area contributed by atoms with E-state index in [2.05, 4.69) is 5.32 Å². The van der Waals surface area contributed by atoms with Crippen molar-refractivity contribution in [2.45, 2.75) is 20.3 Å². The summed E-state index contributed by atoms with van der Waals surface area (Å²) in [7, 11) is 0. The molecule has 1 aliphatic heterocycles. The van der Waals surface area contributed by atoms with Gasteiger partial charge < -0.3 is 10.2 Å². The van der Waals surface area contributed by atoms with Gasteiger partial charge in [-0.15, -0.1) is 0 Å². The number of hydrogen-bond acceptors (Lipinski definition) is 2. The van der Waals surface area contributed by atoms with E-state index in [9.17, 15) is 9.59 Å². The zero-order valence-corrected chi connectivity index (χ0v) is 10.1. The van der Waals surface area contributed by atoms with E-state index in [0.29, 0.717) is 18.7 Å². The maximum atomic E-state index is 11.7. The van der Waals surface area contributed by atoms with Crippen molar-refractivity contribution in [2.75, 3.05) is 18.0 Å². The van der Waals surface area contributed by atoms with Gasteiger partial charge in [0.15, 0.2) is 0 Å². The van der Waals surface area contributed by atoms with Crippen LogP contribution in [0.1, 0.15) is 29.8 Å². The molecule has 90 valence electrons. The lowest BCUT2D eigenvalue weighted by Gasteiger charge is -2.14. The van der Waals surface area contributed by atoms with Crippen LogP contribution in [-0.2, 0) is 11.2 Å². The molecule has 0 bridgehead atoms. The minimum absolute atomic E-state index is 0.0505. The molecule has 4 nitrogen and oxygen atoms in total. The summed E-state index contributed by atoms with van der Waals surface area (Å²) >= 11 is 0. The van der Waals surface area contributed by atoms with Crippen LogP contribution in [-0.4, -0.2) is 24.9 Å². The van der Waals surface area contributed by atoms with Gasteiger partial charge >= 0.3 is 0 Å². The van der Waals surface area contributed by atoms with Gasteiger partial charge in [-0.25, -0.2) is 0 Å². The molecule has 17 heavy (non-hydrogen) atoms. The van der Waals surface area contributed by atoms with Crippen molar-refractivity contribution in [2.24, 2.45) is 0 Å². The van der Waals surface area contributed by atoms with Crippen molar-refractivity contribution in [3.63, 3.8) is 0 Å². The Hall–Kier alpha value is -1.84. The van der Waals surface area contributed by atoms with Gasteiger partial charge in [0, 0.05) is 31.3 Å². The number of rotatable bonds is 2. The molecule has 4 heteroatoms. The van der Waals surface area contributed by atoms with Gasteiger partial charge in [0.05, 0.1) is 0 Å². The normalized spacial score (nSPS) is 13.4. The fourth-order valence-electron chi connectivity index (χ4n) is 2.13. The van der Waals surface area contributed by atoms with Crippen molar-refractivity contribution >= 4 is 17.5 Å². The first-order valence-corrected chi connectivity index (χ1v) is 5.82. The van der Waals surface area contributed by atoms with Crippen molar-refractivity contribution in [1.82, 2.24) is 5.32 Å². The number of carbonyl (C=O) groups excluding carboxylic acids is 2. The highest BCUT2D eigenvalue weighted by molar-refractivity contribution is 5.97. The second kappa shape index (κ2) is 4.57. The lowest BCUT2D eigenvalue weighted by Crippen LogP contribution is -2.26. The average Bonchev–Trinajstić information content (AvgIpc) is 2.71. The highest BCUT2D eigenvalue weighted by Gasteiger charge is 2.22. The molecule has 0 unspecified atom stereocenters. The Morgan fingerprint density at radius 1 is 1.41 bits per heavy atom. The lowest BCUT2D eigenvalue weighted by atomic mass is 10.1. The van der Waals surface area contributed by atoms with Gasteiger partial charge in [-0.3, -0.25) is 9.59 Å². The summed E-state index contributed by atoms with van der Waals surface area (Å²) < 4.78 is 0. The third-order valence-corrected chi connectivity index (χ3v) is 2.95. The first-order chi connectivity index (χ1) is 8.13. The van der Waals surface area contributed by atoms with Crippen LogP contribution in [0.3, 0.4) is 0 Å². The van der Waals surface area contributed by atoms with Gasteiger partial charge in [-0.2, -0.15) is 0 Å². The Labute approximate surface area is 101 Å². The molecule has 0 atom stereocenters. The van der Waals surface area contributed by atoms with Crippen molar-refractivity contribution < 1.29 is 9.59 Å². The molecule has 0 aromatic heterocycles. The Kier molecular flexibility index (Phi) is 3.13. The molecule has 0 aliphatic carbocycles. The molecule has 1 aliphatic rings. The SMILES string of the molecule is CCNC(=O)c1ccc2c(c1)CCN2C(C)=O. The smallest absolute Gasteiger partial charge is 0.251 e. The van der Waals surface area contributed by atoms with Crippen molar-refractivity contribution in [1.29, 1.82) is 0 Å². The van der Waals surface area contributed by atoms with Crippen LogP contribution >= 0.6 is 0 Å². The van der Waals surface area contributed by atoms with Gasteiger partial charge in [0.2, 0.25) is 5.91 Å². The minimum atomic E-state index is -0.0587. The molecular formula is C13H16N2O2. The summed E-state index contributed by atoms with van der Waals surface area (Å²) in [6, 6.07) is 5.50. The standard InChI is InChI=1S/C13H16N2O2/c1-3-14-13(17)11-4-5-12-10(8-11)6-7-15(12)9(2)16/h4-5,8H,3,6-7H2,1-2H3,(H,14,17). The predicted octanol–water partition coefficient (Wildman–Crippen LogP) is 1.35. The highest BCUT2D eigenvalue weighted by atomic mass is 16.2. The fraction of sp³-hybridized carbons (Fsp3) is 0.385. The second-order valence-electron chi connectivity index (χ2n) is 4.12. The Morgan fingerprint density at radius 3 is 2.82 bits per heavy atom. The Bertz CT molecular complexity index is 468. The first-order valence-electron chi connectivity index (χ1n) is 5.82. The monoisotopic (exact) mass is 232 g/mol. The summed E-state index contributed by atoms with van der Waals surface area (Å²) in [4.78, 5) is 24.8.